The number of aryl methyl sites for hydroxylation is 2. The number of pyridine rings is 2. The van der Waals surface area contributed by atoms with Crippen LogP contribution in [0.25, 0.3) is 0 Å². The Labute approximate surface area is 135 Å². The van der Waals surface area contributed by atoms with Gasteiger partial charge in [-0.2, -0.15) is 0 Å². The van der Waals surface area contributed by atoms with Gasteiger partial charge < -0.3 is 10.6 Å². The van der Waals surface area contributed by atoms with Crippen LogP contribution in [0.15, 0.2) is 49.1 Å². The molecule has 0 aliphatic heterocycles. The Morgan fingerprint density at radius 3 is 1.48 bits per heavy atom. The van der Waals surface area contributed by atoms with Crippen LogP contribution in [0.3, 0.4) is 0 Å². The van der Waals surface area contributed by atoms with E-state index in [0.29, 0.717) is 30.6 Å². The zero-order valence-corrected chi connectivity index (χ0v) is 13.5. The molecule has 0 bridgehead atoms. The lowest BCUT2D eigenvalue weighted by Gasteiger charge is -2.06. The van der Waals surface area contributed by atoms with Crippen LogP contribution in [0.4, 0.5) is 0 Å². The molecule has 0 aliphatic rings. The number of rotatable bonds is 6. The molecule has 2 amide bonds. The van der Waals surface area contributed by atoms with Crippen molar-refractivity contribution in [3.05, 3.63) is 60.2 Å². The molecule has 0 radical (unpaired) electrons. The van der Waals surface area contributed by atoms with Crippen LogP contribution >= 0.6 is 0 Å². The molecule has 2 aromatic heterocycles. The molecule has 0 aromatic carbocycles. The average Bonchev–Trinajstić information content (AvgIpc) is 2.55. The Morgan fingerprint density at radius 2 is 1.13 bits per heavy atom. The first-order chi connectivity index (χ1) is 11.1. The molecule has 2 heterocycles. The lowest BCUT2D eigenvalue weighted by atomic mass is 10.2. The number of amides is 2. The highest BCUT2D eigenvalue weighted by atomic mass is 16.2. The van der Waals surface area contributed by atoms with Gasteiger partial charge in [0.05, 0.1) is 11.1 Å². The normalized spacial score (nSPS) is 10.2. The Bertz CT molecular complexity index is 606. The summed E-state index contributed by atoms with van der Waals surface area (Å²) < 4.78 is 3.74. The summed E-state index contributed by atoms with van der Waals surface area (Å²) in [5.41, 5.74) is 1.26. The topological polar surface area (TPSA) is 66.0 Å². The molecule has 120 valence electrons. The predicted octanol–water partition coefficient (Wildman–Crippen LogP) is -0.114. The molecule has 0 unspecified atom stereocenters. The maximum absolute atomic E-state index is 11.9. The van der Waals surface area contributed by atoms with Crippen molar-refractivity contribution in [1.29, 1.82) is 0 Å². The van der Waals surface area contributed by atoms with Crippen LogP contribution in [0.5, 0.6) is 0 Å². The summed E-state index contributed by atoms with van der Waals surface area (Å²) in [5.74, 6) is -0.208. The van der Waals surface area contributed by atoms with Gasteiger partial charge in [-0.1, -0.05) is 0 Å². The lowest BCUT2D eigenvalue weighted by molar-refractivity contribution is -0.671. The first-order valence-corrected chi connectivity index (χ1v) is 7.53. The monoisotopic (exact) mass is 314 g/mol. The van der Waals surface area contributed by atoms with E-state index in [2.05, 4.69) is 10.6 Å². The van der Waals surface area contributed by atoms with Crippen molar-refractivity contribution in [2.24, 2.45) is 14.1 Å². The second-order valence-electron chi connectivity index (χ2n) is 5.37. The molecule has 0 fully saturated rings. The Balaban J connectivity index is 1.67. The van der Waals surface area contributed by atoms with Crippen LogP contribution < -0.4 is 19.8 Å². The van der Waals surface area contributed by atoms with Gasteiger partial charge in [-0.15, -0.1) is 0 Å². The third-order valence-corrected chi connectivity index (χ3v) is 3.41. The molecule has 2 rings (SSSR count). The largest absolute Gasteiger partial charge is 0.352 e. The van der Waals surface area contributed by atoms with E-state index in [0.717, 1.165) is 0 Å². The second-order valence-corrected chi connectivity index (χ2v) is 5.37. The standard InChI is InChI=1S/C17H20N4O2/c1-20-10-4-14(5-11-20)16(22)18-8-3-9-19-17(23)15-6-12-21(2)13-7-15/h4-7,10-13H,3,8-9H2,1-2H3/p+2. The zero-order valence-electron chi connectivity index (χ0n) is 13.5. The van der Waals surface area contributed by atoms with Crippen molar-refractivity contribution in [2.75, 3.05) is 13.1 Å². The summed E-state index contributed by atoms with van der Waals surface area (Å²) >= 11 is 0. The molecule has 6 heteroatoms. The maximum Gasteiger partial charge on any atom is 0.251 e. The van der Waals surface area contributed by atoms with E-state index < -0.39 is 0 Å². The van der Waals surface area contributed by atoms with E-state index in [4.69, 9.17) is 0 Å². The van der Waals surface area contributed by atoms with Gasteiger partial charge in [0.1, 0.15) is 14.1 Å². The first-order valence-electron chi connectivity index (χ1n) is 7.53. The molecule has 0 aliphatic carbocycles. The SMILES string of the molecule is C[n+]1ccc(C(=O)NCCCNC(=O)c2cc[n+](C)cc2)cc1. The Morgan fingerprint density at radius 1 is 0.783 bits per heavy atom. The Hall–Kier alpha value is -2.76. The van der Waals surface area contributed by atoms with E-state index in [9.17, 15) is 9.59 Å². The number of carbonyl (C=O) groups excluding carboxylic acids is 2. The summed E-state index contributed by atoms with van der Waals surface area (Å²) in [6, 6.07) is 7.08. The minimum absolute atomic E-state index is 0.104. The highest BCUT2D eigenvalue weighted by Gasteiger charge is 2.07. The van der Waals surface area contributed by atoms with Crippen LogP contribution in [-0.4, -0.2) is 24.9 Å². The predicted molar refractivity (Wildman–Crippen MR) is 84.5 cm³/mol. The number of hydrogen-bond acceptors (Lipinski definition) is 2. The van der Waals surface area contributed by atoms with Crippen molar-refractivity contribution in [1.82, 2.24) is 10.6 Å². The molecule has 2 aromatic rings. The first kappa shape index (κ1) is 16.6. The van der Waals surface area contributed by atoms with Gasteiger partial charge in [-0.05, 0) is 6.42 Å². The fourth-order valence-electron chi connectivity index (χ4n) is 2.00. The summed E-state index contributed by atoms with van der Waals surface area (Å²) in [5, 5.41) is 5.67. The van der Waals surface area contributed by atoms with Crippen molar-refractivity contribution in [3.63, 3.8) is 0 Å². The lowest BCUT2D eigenvalue weighted by Crippen LogP contribution is -2.32. The molecular formula is C17H22N4O2+2. The highest BCUT2D eigenvalue weighted by Crippen LogP contribution is 1.96. The number of carbonyl (C=O) groups is 2. The van der Waals surface area contributed by atoms with Crippen LogP contribution in [0.2, 0.25) is 0 Å². The highest BCUT2D eigenvalue weighted by molar-refractivity contribution is 5.94. The fourth-order valence-corrected chi connectivity index (χ4v) is 2.00. The summed E-state index contributed by atoms with van der Waals surface area (Å²) in [4.78, 5) is 23.8. The number of nitrogens with zero attached hydrogens (tertiary/aromatic N) is 2. The smallest absolute Gasteiger partial charge is 0.251 e. The molecule has 0 saturated heterocycles. The third-order valence-electron chi connectivity index (χ3n) is 3.41. The van der Waals surface area contributed by atoms with Gasteiger partial charge in [0.2, 0.25) is 0 Å². The van der Waals surface area contributed by atoms with Gasteiger partial charge >= 0.3 is 0 Å². The molecule has 2 N–H and O–H groups in total. The quantitative estimate of drug-likeness (QED) is 0.577. The average molecular weight is 314 g/mol. The van der Waals surface area contributed by atoms with Crippen molar-refractivity contribution < 1.29 is 18.7 Å². The second kappa shape index (κ2) is 8.03. The minimum atomic E-state index is -0.104. The maximum atomic E-state index is 11.9. The number of aromatic nitrogens is 2. The van der Waals surface area contributed by atoms with E-state index >= 15 is 0 Å². The van der Waals surface area contributed by atoms with Gasteiger partial charge in [0, 0.05) is 37.4 Å². The summed E-state index contributed by atoms with van der Waals surface area (Å²) in [7, 11) is 3.80. The van der Waals surface area contributed by atoms with Crippen molar-refractivity contribution >= 4 is 11.8 Å². The van der Waals surface area contributed by atoms with E-state index in [1.54, 1.807) is 24.3 Å². The van der Waals surface area contributed by atoms with E-state index in [-0.39, 0.29) is 11.8 Å². The number of nitrogens with one attached hydrogen (secondary N) is 2. The molecule has 0 atom stereocenters. The molecule has 0 spiro atoms. The minimum Gasteiger partial charge on any atom is -0.352 e. The van der Waals surface area contributed by atoms with Crippen molar-refractivity contribution in [3.8, 4) is 0 Å². The van der Waals surface area contributed by atoms with Crippen LogP contribution in [0, 0.1) is 0 Å². The van der Waals surface area contributed by atoms with E-state index in [1.165, 1.54) is 0 Å². The Kier molecular flexibility index (Phi) is 5.80. The third kappa shape index (κ3) is 5.18. The summed E-state index contributed by atoms with van der Waals surface area (Å²) in [6.45, 7) is 1.04. The molecular weight excluding hydrogens is 292 g/mol. The van der Waals surface area contributed by atoms with Crippen LogP contribution in [-0.2, 0) is 14.1 Å². The van der Waals surface area contributed by atoms with Crippen molar-refractivity contribution in [2.45, 2.75) is 6.42 Å². The fraction of sp³-hybridized carbons (Fsp3) is 0.294. The molecule has 23 heavy (non-hydrogen) atoms. The van der Waals surface area contributed by atoms with Gasteiger partial charge in [-0.3, -0.25) is 9.59 Å². The zero-order chi connectivity index (χ0) is 16.7. The van der Waals surface area contributed by atoms with Gasteiger partial charge in [0.25, 0.3) is 11.8 Å². The van der Waals surface area contributed by atoms with Crippen LogP contribution in [0.1, 0.15) is 27.1 Å². The van der Waals surface area contributed by atoms with Gasteiger partial charge in [-0.25, -0.2) is 9.13 Å². The van der Waals surface area contributed by atoms with E-state index in [1.807, 2.05) is 48.0 Å². The summed E-state index contributed by atoms with van der Waals surface area (Å²) in [6.07, 6.45) is 7.99. The molecule has 0 saturated carbocycles. The van der Waals surface area contributed by atoms with Gasteiger partial charge in [0.15, 0.2) is 24.8 Å². The molecule has 6 nitrogen and oxygen atoms in total. The number of hydrogen-bond donors (Lipinski definition) is 2.